The first kappa shape index (κ1) is 21.3. The number of benzene rings is 2. The first-order chi connectivity index (χ1) is 14.9. The summed E-state index contributed by atoms with van der Waals surface area (Å²) in [5, 5.41) is 3.08. The normalized spacial score (nSPS) is 15.5. The summed E-state index contributed by atoms with van der Waals surface area (Å²) in [7, 11) is -3.47. The molecule has 2 heterocycles. The highest BCUT2D eigenvalue weighted by molar-refractivity contribution is 7.89. The average molecular weight is 439 g/mol. The summed E-state index contributed by atoms with van der Waals surface area (Å²) >= 11 is 0. The number of aliphatic imine (C=N–C) groups is 1. The molecule has 0 saturated carbocycles. The molecule has 0 spiro atoms. The lowest BCUT2D eigenvalue weighted by molar-refractivity contribution is 0.346. The third-order valence-electron chi connectivity index (χ3n) is 5.54. The van der Waals surface area contributed by atoms with Gasteiger partial charge in [0.2, 0.25) is 10.0 Å². The zero-order valence-electron chi connectivity index (χ0n) is 17.7. The van der Waals surface area contributed by atoms with E-state index in [1.165, 1.54) is 10.9 Å². The van der Waals surface area contributed by atoms with E-state index in [1.54, 1.807) is 28.6 Å². The van der Waals surface area contributed by atoms with Gasteiger partial charge < -0.3 is 0 Å². The van der Waals surface area contributed by atoms with Gasteiger partial charge in [0.25, 0.3) is 5.56 Å². The molecule has 1 aliphatic rings. The highest BCUT2D eigenvalue weighted by Crippen LogP contribution is 2.23. The van der Waals surface area contributed by atoms with Gasteiger partial charge in [-0.2, -0.15) is 4.31 Å². The van der Waals surface area contributed by atoms with Crippen LogP contribution in [0.25, 0.3) is 5.69 Å². The molecule has 1 fully saturated rings. The largest absolute Gasteiger partial charge is 0.295 e. The molecule has 31 heavy (non-hydrogen) atoms. The van der Waals surface area contributed by atoms with Gasteiger partial charge in [-0.1, -0.05) is 24.1 Å². The van der Waals surface area contributed by atoms with E-state index in [0.717, 1.165) is 30.5 Å². The Kier molecular flexibility index (Phi) is 5.93. The van der Waals surface area contributed by atoms with Crippen LogP contribution in [0.2, 0.25) is 0 Å². The first-order valence-corrected chi connectivity index (χ1v) is 11.8. The Bertz CT molecular complexity index is 1250. The zero-order valence-corrected chi connectivity index (χ0v) is 18.5. The van der Waals surface area contributed by atoms with Crippen molar-refractivity contribution < 1.29 is 8.42 Å². The number of hydrogen-bond donors (Lipinski definition) is 1. The fraction of sp³-hybridized carbons (Fsp3) is 0.304. The van der Waals surface area contributed by atoms with Crippen LogP contribution in [0.15, 0.2) is 63.2 Å². The number of nitrogens with zero attached hydrogens (tertiary/aromatic N) is 3. The molecule has 1 saturated heterocycles. The zero-order chi connectivity index (χ0) is 22.0. The van der Waals surface area contributed by atoms with Gasteiger partial charge in [-0.05, 0) is 63.1 Å². The molecule has 0 atom stereocenters. The number of aromatic nitrogens is 2. The number of piperidine rings is 1. The van der Waals surface area contributed by atoms with Crippen LogP contribution in [-0.2, 0) is 10.0 Å². The van der Waals surface area contributed by atoms with E-state index in [0.29, 0.717) is 30.0 Å². The molecule has 0 bridgehead atoms. The lowest BCUT2D eigenvalue weighted by Gasteiger charge is -2.25. The molecule has 1 N–H and O–H groups in total. The molecule has 0 aliphatic carbocycles. The lowest BCUT2D eigenvalue weighted by atomic mass is 10.2. The van der Waals surface area contributed by atoms with Gasteiger partial charge in [-0.3, -0.25) is 14.9 Å². The summed E-state index contributed by atoms with van der Waals surface area (Å²) in [6.07, 6.45) is 4.40. The predicted octanol–water partition coefficient (Wildman–Crippen LogP) is 3.71. The summed E-state index contributed by atoms with van der Waals surface area (Å²) in [6, 6.07) is 14.1. The maximum Gasteiger partial charge on any atom is 0.280 e. The minimum atomic E-state index is -3.47. The number of H-pyrrole nitrogens is 1. The second kappa shape index (κ2) is 8.64. The van der Waals surface area contributed by atoms with E-state index in [1.807, 2.05) is 38.1 Å². The number of rotatable bonds is 5. The summed E-state index contributed by atoms with van der Waals surface area (Å²) in [5.41, 5.74) is 3.44. The molecule has 162 valence electrons. The molecule has 3 aromatic rings. The van der Waals surface area contributed by atoms with Crippen LogP contribution in [0.5, 0.6) is 0 Å². The molecule has 1 aliphatic heterocycles. The minimum Gasteiger partial charge on any atom is -0.295 e. The molecule has 7 nitrogen and oxygen atoms in total. The van der Waals surface area contributed by atoms with E-state index in [2.05, 4.69) is 10.1 Å². The van der Waals surface area contributed by atoms with Crippen molar-refractivity contribution >= 4 is 21.9 Å². The Balaban J connectivity index is 1.55. The van der Waals surface area contributed by atoms with Gasteiger partial charge in [-0.15, -0.1) is 0 Å². The molecule has 8 heteroatoms. The van der Waals surface area contributed by atoms with Gasteiger partial charge in [-0.25, -0.2) is 13.1 Å². The molecule has 0 amide bonds. The average Bonchev–Trinajstić information content (AvgIpc) is 3.07. The van der Waals surface area contributed by atoms with Crippen molar-refractivity contribution in [1.82, 2.24) is 14.1 Å². The highest BCUT2D eigenvalue weighted by atomic mass is 32.2. The number of hydrogen-bond acceptors (Lipinski definition) is 4. The third-order valence-corrected chi connectivity index (χ3v) is 7.45. The SMILES string of the molecule is Cc1ccc(-n2[nH]c(C)c(C=Nc3ccc(S(=O)(=O)N4CCCCC4)cc3)c2=O)cc1. The topological polar surface area (TPSA) is 87.5 Å². The van der Waals surface area contributed by atoms with Crippen LogP contribution in [0.1, 0.15) is 36.1 Å². The van der Waals surface area contributed by atoms with Crippen LogP contribution < -0.4 is 5.56 Å². The Morgan fingerprint density at radius 3 is 2.23 bits per heavy atom. The van der Waals surface area contributed by atoms with E-state index in [4.69, 9.17) is 0 Å². The Morgan fingerprint density at radius 2 is 1.58 bits per heavy atom. The number of sulfonamides is 1. The molecular formula is C23H26N4O3S. The highest BCUT2D eigenvalue weighted by Gasteiger charge is 2.25. The maximum atomic E-state index is 12.8. The minimum absolute atomic E-state index is 0.186. The molecule has 2 aromatic carbocycles. The second-order valence-electron chi connectivity index (χ2n) is 7.84. The molecular weight excluding hydrogens is 412 g/mol. The number of nitrogens with one attached hydrogen (secondary N) is 1. The maximum absolute atomic E-state index is 12.8. The number of aryl methyl sites for hydroxylation is 2. The Labute approximate surface area is 182 Å². The van der Waals surface area contributed by atoms with Crippen molar-refractivity contribution in [2.24, 2.45) is 4.99 Å². The van der Waals surface area contributed by atoms with Crippen LogP contribution in [0.4, 0.5) is 5.69 Å². The number of aromatic amines is 1. The van der Waals surface area contributed by atoms with Crippen LogP contribution in [0, 0.1) is 13.8 Å². The van der Waals surface area contributed by atoms with Crippen molar-refractivity contribution in [3.8, 4) is 5.69 Å². The van der Waals surface area contributed by atoms with Gasteiger partial charge in [0.05, 0.1) is 21.8 Å². The van der Waals surface area contributed by atoms with Crippen LogP contribution >= 0.6 is 0 Å². The fourth-order valence-corrected chi connectivity index (χ4v) is 5.20. The van der Waals surface area contributed by atoms with Crippen molar-refractivity contribution in [1.29, 1.82) is 0 Å². The summed E-state index contributed by atoms with van der Waals surface area (Å²) in [6.45, 7) is 4.96. The van der Waals surface area contributed by atoms with E-state index < -0.39 is 10.0 Å². The quantitative estimate of drug-likeness (QED) is 0.616. The summed E-state index contributed by atoms with van der Waals surface area (Å²) in [4.78, 5) is 17.5. The predicted molar refractivity (Wildman–Crippen MR) is 122 cm³/mol. The molecule has 4 rings (SSSR count). The Morgan fingerprint density at radius 1 is 0.935 bits per heavy atom. The summed E-state index contributed by atoms with van der Waals surface area (Å²) < 4.78 is 28.6. The Hall–Kier alpha value is -2.97. The fourth-order valence-electron chi connectivity index (χ4n) is 3.68. The first-order valence-electron chi connectivity index (χ1n) is 10.4. The van der Waals surface area contributed by atoms with Gasteiger partial charge in [0.15, 0.2) is 0 Å². The molecule has 0 radical (unpaired) electrons. The van der Waals surface area contributed by atoms with Crippen LogP contribution in [-0.4, -0.2) is 41.8 Å². The van der Waals surface area contributed by atoms with Gasteiger partial charge in [0, 0.05) is 25.0 Å². The van der Waals surface area contributed by atoms with E-state index in [-0.39, 0.29) is 10.5 Å². The monoisotopic (exact) mass is 438 g/mol. The van der Waals surface area contributed by atoms with Crippen molar-refractivity contribution in [2.45, 2.75) is 38.0 Å². The van der Waals surface area contributed by atoms with E-state index >= 15 is 0 Å². The summed E-state index contributed by atoms with van der Waals surface area (Å²) in [5.74, 6) is 0. The standard InChI is InChI=1S/C23H26N4O3S/c1-17-6-10-20(11-7-17)27-23(28)22(18(2)25-27)16-24-19-8-12-21(13-9-19)31(29,30)26-14-4-3-5-15-26/h6-13,16,25H,3-5,14-15H2,1-2H3. The van der Waals surface area contributed by atoms with Gasteiger partial charge >= 0.3 is 0 Å². The van der Waals surface area contributed by atoms with Crippen molar-refractivity contribution in [2.75, 3.05) is 13.1 Å². The van der Waals surface area contributed by atoms with Gasteiger partial charge in [0.1, 0.15) is 0 Å². The van der Waals surface area contributed by atoms with E-state index in [9.17, 15) is 13.2 Å². The molecule has 0 unspecified atom stereocenters. The van der Waals surface area contributed by atoms with Crippen LogP contribution in [0.3, 0.4) is 0 Å². The third kappa shape index (κ3) is 4.40. The van der Waals surface area contributed by atoms with Crippen molar-refractivity contribution in [3.05, 3.63) is 75.7 Å². The second-order valence-corrected chi connectivity index (χ2v) is 9.78. The lowest BCUT2D eigenvalue weighted by Crippen LogP contribution is -2.35. The smallest absolute Gasteiger partial charge is 0.280 e. The molecule has 1 aromatic heterocycles. The van der Waals surface area contributed by atoms with Crippen molar-refractivity contribution in [3.63, 3.8) is 0 Å².